The zero-order valence-corrected chi connectivity index (χ0v) is 16.6. The summed E-state index contributed by atoms with van der Waals surface area (Å²) in [6, 6.07) is 11.3. The standard InChI is InChI=1S/C20H21N9O/c1-14-15(2)28(13-25-14)19-10-18(23-12-24-19)21-8-9-22-20(30)17-11-26-29(27-17)16-6-4-3-5-7-16/h3-7,10-13H,8-9H2,1-2H3,(H,22,30)(H,21,23,24). The molecule has 0 aliphatic carbocycles. The van der Waals surface area contributed by atoms with Crippen LogP contribution in [0, 0.1) is 13.8 Å². The largest absolute Gasteiger partial charge is 0.368 e. The third kappa shape index (κ3) is 4.17. The summed E-state index contributed by atoms with van der Waals surface area (Å²) in [5, 5.41) is 14.3. The number of imidazole rings is 1. The molecule has 0 saturated carbocycles. The lowest BCUT2D eigenvalue weighted by Gasteiger charge is -2.09. The second-order valence-corrected chi connectivity index (χ2v) is 6.58. The lowest BCUT2D eigenvalue weighted by molar-refractivity contribution is 0.0949. The predicted molar refractivity (Wildman–Crippen MR) is 111 cm³/mol. The fraction of sp³-hybridized carbons (Fsp3) is 0.200. The second kappa shape index (κ2) is 8.52. The maximum Gasteiger partial charge on any atom is 0.273 e. The zero-order valence-electron chi connectivity index (χ0n) is 16.6. The number of carbonyl (C=O) groups excluding carboxylic acids is 1. The Hall–Kier alpha value is -4.08. The van der Waals surface area contributed by atoms with E-state index in [0.717, 1.165) is 22.9 Å². The van der Waals surface area contributed by atoms with E-state index in [1.807, 2.05) is 54.8 Å². The van der Waals surface area contributed by atoms with Crippen LogP contribution in [0.2, 0.25) is 0 Å². The number of benzene rings is 1. The van der Waals surface area contributed by atoms with E-state index >= 15 is 0 Å². The van der Waals surface area contributed by atoms with E-state index in [4.69, 9.17) is 0 Å². The highest BCUT2D eigenvalue weighted by Crippen LogP contribution is 2.13. The highest BCUT2D eigenvalue weighted by atomic mass is 16.2. The molecule has 4 rings (SSSR count). The van der Waals surface area contributed by atoms with Crippen LogP contribution in [0.15, 0.2) is 55.2 Å². The number of carbonyl (C=O) groups is 1. The smallest absolute Gasteiger partial charge is 0.273 e. The molecular weight excluding hydrogens is 382 g/mol. The molecule has 1 aromatic carbocycles. The molecule has 10 nitrogen and oxygen atoms in total. The van der Waals surface area contributed by atoms with Crippen LogP contribution < -0.4 is 10.6 Å². The number of hydrogen-bond donors (Lipinski definition) is 2. The predicted octanol–water partition coefficient (Wildman–Crippen LogP) is 1.70. The van der Waals surface area contributed by atoms with Gasteiger partial charge in [-0.2, -0.15) is 9.90 Å². The van der Waals surface area contributed by atoms with E-state index in [1.165, 1.54) is 17.3 Å². The quantitative estimate of drug-likeness (QED) is 0.451. The number of aryl methyl sites for hydroxylation is 1. The Balaban J connectivity index is 1.30. The topological polar surface area (TPSA) is 115 Å². The van der Waals surface area contributed by atoms with Gasteiger partial charge in [-0.3, -0.25) is 9.36 Å². The van der Waals surface area contributed by atoms with Crippen molar-refractivity contribution in [3.05, 3.63) is 72.3 Å². The Morgan fingerprint density at radius 1 is 1.07 bits per heavy atom. The highest BCUT2D eigenvalue weighted by Gasteiger charge is 2.11. The van der Waals surface area contributed by atoms with Gasteiger partial charge in [-0.15, -0.1) is 5.10 Å². The van der Waals surface area contributed by atoms with Crippen LogP contribution in [0.25, 0.3) is 11.5 Å². The van der Waals surface area contributed by atoms with Crippen LogP contribution in [-0.4, -0.2) is 53.5 Å². The van der Waals surface area contributed by atoms with E-state index < -0.39 is 0 Å². The molecule has 152 valence electrons. The average Bonchev–Trinajstić information content (AvgIpc) is 3.40. The van der Waals surface area contributed by atoms with Crippen LogP contribution in [0.4, 0.5) is 5.82 Å². The van der Waals surface area contributed by atoms with Gasteiger partial charge in [0, 0.05) is 24.8 Å². The fourth-order valence-corrected chi connectivity index (χ4v) is 2.82. The molecule has 0 bridgehead atoms. The van der Waals surface area contributed by atoms with Crippen LogP contribution in [-0.2, 0) is 0 Å². The molecule has 0 atom stereocenters. The Morgan fingerprint density at radius 2 is 1.90 bits per heavy atom. The molecule has 3 heterocycles. The lowest BCUT2D eigenvalue weighted by atomic mass is 10.3. The minimum atomic E-state index is -0.285. The Morgan fingerprint density at radius 3 is 2.67 bits per heavy atom. The van der Waals surface area contributed by atoms with Gasteiger partial charge in [-0.25, -0.2) is 15.0 Å². The number of nitrogens with one attached hydrogen (secondary N) is 2. The lowest BCUT2D eigenvalue weighted by Crippen LogP contribution is -2.29. The van der Waals surface area contributed by atoms with Gasteiger partial charge in [0.15, 0.2) is 5.69 Å². The summed E-state index contributed by atoms with van der Waals surface area (Å²) in [5.41, 5.74) is 3.03. The van der Waals surface area contributed by atoms with E-state index in [2.05, 4.69) is 35.8 Å². The third-order valence-corrected chi connectivity index (χ3v) is 4.58. The van der Waals surface area contributed by atoms with Crippen molar-refractivity contribution in [3.8, 4) is 11.5 Å². The summed E-state index contributed by atoms with van der Waals surface area (Å²) in [7, 11) is 0. The first kappa shape index (κ1) is 19.2. The first-order valence-electron chi connectivity index (χ1n) is 9.44. The highest BCUT2D eigenvalue weighted by molar-refractivity contribution is 5.91. The van der Waals surface area contributed by atoms with Gasteiger partial charge in [-0.1, -0.05) is 18.2 Å². The van der Waals surface area contributed by atoms with Gasteiger partial charge in [0.2, 0.25) is 0 Å². The fourth-order valence-electron chi connectivity index (χ4n) is 2.82. The van der Waals surface area contributed by atoms with Crippen molar-refractivity contribution in [3.63, 3.8) is 0 Å². The Bertz CT molecular complexity index is 1150. The number of rotatable bonds is 7. The number of aromatic nitrogens is 7. The van der Waals surface area contributed by atoms with Crippen molar-refractivity contribution >= 4 is 11.7 Å². The van der Waals surface area contributed by atoms with Crippen molar-refractivity contribution in [2.24, 2.45) is 0 Å². The SMILES string of the molecule is Cc1ncn(-c2cc(NCCNC(=O)c3cnn(-c4ccccc4)n3)ncn2)c1C. The molecule has 0 aliphatic heterocycles. The summed E-state index contributed by atoms with van der Waals surface area (Å²) in [5.74, 6) is 1.11. The van der Waals surface area contributed by atoms with Gasteiger partial charge < -0.3 is 10.6 Å². The Labute approximate surface area is 173 Å². The second-order valence-electron chi connectivity index (χ2n) is 6.58. The minimum Gasteiger partial charge on any atom is -0.368 e. The summed E-state index contributed by atoms with van der Waals surface area (Å²) in [6.07, 6.45) is 4.68. The normalized spacial score (nSPS) is 10.7. The van der Waals surface area contributed by atoms with Gasteiger partial charge in [0.05, 0.1) is 17.6 Å². The molecule has 1 amide bonds. The average molecular weight is 403 g/mol. The van der Waals surface area contributed by atoms with Gasteiger partial charge in [0.1, 0.15) is 24.3 Å². The van der Waals surface area contributed by atoms with Crippen LogP contribution in [0.3, 0.4) is 0 Å². The monoisotopic (exact) mass is 403 g/mol. The third-order valence-electron chi connectivity index (χ3n) is 4.58. The van der Waals surface area contributed by atoms with E-state index in [0.29, 0.717) is 18.9 Å². The number of para-hydroxylation sites is 1. The molecule has 10 heteroatoms. The molecule has 3 aromatic heterocycles. The molecule has 0 unspecified atom stereocenters. The van der Waals surface area contributed by atoms with Gasteiger partial charge in [-0.05, 0) is 26.0 Å². The maximum absolute atomic E-state index is 12.3. The van der Waals surface area contributed by atoms with Crippen molar-refractivity contribution in [1.29, 1.82) is 0 Å². The van der Waals surface area contributed by atoms with E-state index in [9.17, 15) is 4.79 Å². The molecule has 0 spiro atoms. The summed E-state index contributed by atoms with van der Waals surface area (Å²) < 4.78 is 1.90. The molecule has 0 radical (unpaired) electrons. The van der Waals surface area contributed by atoms with E-state index in [1.54, 1.807) is 6.33 Å². The molecule has 4 aromatic rings. The van der Waals surface area contributed by atoms with Crippen LogP contribution >= 0.6 is 0 Å². The van der Waals surface area contributed by atoms with Crippen molar-refractivity contribution < 1.29 is 4.79 Å². The first-order chi connectivity index (χ1) is 14.6. The van der Waals surface area contributed by atoms with Crippen molar-refractivity contribution in [1.82, 2.24) is 39.8 Å². The molecule has 30 heavy (non-hydrogen) atoms. The minimum absolute atomic E-state index is 0.258. The van der Waals surface area contributed by atoms with E-state index in [-0.39, 0.29) is 11.6 Å². The summed E-state index contributed by atoms with van der Waals surface area (Å²) in [4.78, 5) is 26.5. The number of amides is 1. The molecule has 0 fully saturated rings. The molecule has 2 N–H and O–H groups in total. The Kier molecular flexibility index (Phi) is 5.46. The first-order valence-corrected chi connectivity index (χ1v) is 9.44. The van der Waals surface area contributed by atoms with Crippen molar-refractivity contribution in [2.45, 2.75) is 13.8 Å². The molecule has 0 saturated heterocycles. The summed E-state index contributed by atoms with van der Waals surface area (Å²) in [6.45, 7) is 4.84. The zero-order chi connectivity index (χ0) is 20.9. The molecular formula is C20H21N9O. The maximum atomic E-state index is 12.3. The van der Waals surface area contributed by atoms with Crippen molar-refractivity contribution in [2.75, 3.05) is 18.4 Å². The van der Waals surface area contributed by atoms with Gasteiger partial charge in [0.25, 0.3) is 5.91 Å². The van der Waals surface area contributed by atoms with Crippen LogP contribution in [0.5, 0.6) is 0 Å². The molecule has 0 aliphatic rings. The van der Waals surface area contributed by atoms with Crippen LogP contribution in [0.1, 0.15) is 21.9 Å². The number of nitrogens with zero attached hydrogens (tertiary/aromatic N) is 7. The van der Waals surface area contributed by atoms with Gasteiger partial charge >= 0.3 is 0 Å². The summed E-state index contributed by atoms with van der Waals surface area (Å²) >= 11 is 0. The number of hydrogen-bond acceptors (Lipinski definition) is 7. The number of anilines is 1.